The van der Waals surface area contributed by atoms with Crippen LogP contribution >= 0.6 is 0 Å². The number of carbonyl (C=O) groups is 3. The van der Waals surface area contributed by atoms with Gasteiger partial charge >= 0.3 is 17.9 Å². The molecule has 0 N–H and O–H groups in total. The van der Waals surface area contributed by atoms with E-state index < -0.39 is 6.10 Å². The Labute approximate surface area is 499 Å². The molecule has 0 heterocycles. The summed E-state index contributed by atoms with van der Waals surface area (Å²) in [7, 11) is 0. The zero-order valence-electron chi connectivity index (χ0n) is 54.1. The molecule has 0 spiro atoms. The molecule has 0 saturated carbocycles. The first-order chi connectivity index (χ1) is 39.5. The predicted molar refractivity (Wildman–Crippen MR) is 349 cm³/mol. The smallest absolute Gasteiger partial charge is 0.306 e. The second-order valence-corrected chi connectivity index (χ2v) is 24.5. The van der Waals surface area contributed by atoms with E-state index in [1.165, 1.54) is 289 Å². The first-order valence-electron chi connectivity index (χ1n) is 36.0. The monoisotopic (exact) mass is 1120 g/mol. The lowest BCUT2D eigenvalue weighted by Crippen LogP contribution is -2.30. The van der Waals surface area contributed by atoms with E-state index in [0.717, 1.165) is 70.6 Å². The average Bonchev–Trinajstić information content (AvgIpc) is 3.46. The van der Waals surface area contributed by atoms with Gasteiger partial charge in [0.15, 0.2) is 6.10 Å². The SMILES string of the molecule is CCCCCCC/C=C\C/C=C\C/C=C\CCCCCCCCCCCCCCC(=O)OCC(COC(=O)CCCCCCCCCC)OC(=O)CCCCCCCCCCCCCCCCCCCCCCCCCCCCC. The number of carbonyl (C=O) groups excluding carboxylic acids is 3. The maximum absolute atomic E-state index is 12.9. The highest BCUT2D eigenvalue weighted by molar-refractivity contribution is 5.71. The number of unbranched alkanes of at least 4 members (excludes halogenated alkanes) is 50. The van der Waals surface area contributed by atoms with Crippen molar-refractivity contribution in [2.45, 2.75) is 406 Å². The second kappa shape index (κ2) is 69.1. The van der Waals surface area contributed by atoms with Crippen molar-refractivity contribution in [3.05, 3.63) is 36.5 Å². The molecule has 1 atom stereocenters. The highest BCUT2D eigenvalue weighted by atomic mass is 16.6. The van der Waals surface area contributed by atoms with Gasteiger partial charge in [0.1, 0.15) is 13.2 Å². The minimum atomic E-state index is -0.768. The lowest BCUT2D eigenvalue weighted by Gasteiger charge is -2.18. The lowest BCUT2D eigenvalue weighted by atomic mass is 10.0. The van der Waals surface area contributed by atoms with E-state index in [2.05, 4.69) is 57.2 Å². The molecule has 6 heteroatoms. The number of esters is 3. The van der Waals surface area contributed by atoms with Gasteiger partial charge in [-0.2, -0.15) is 0 Å². The quantitative estimate of drug-likeness (QED) is 0.0261. The third-order valence-electron chi connectivity index (χ3n) is 16.4. The van der Waals surface area contributed by atoms with Crippen molar-refractivity contribution in [3.63, 3.8) is 0 Å². The molecule has 0 bridgehead atoms. The van der Waals surface area contributed by atoms with Crippen LogP contribution in [-0.4, -0.2) is 37.2 Å². The number of hydrogen-bond acceptors (Lipinski definition) is 6. The molecule has 1 unspecified atom stereocenters. The summed E-state index contributed by atoms with van der Waals surface area (Å²) in [6.45, 7) is 6.67. The van der Waals surface area contributed by atoms with Crippen LogP contribution in [0.4, 0.5) is 0 Å². The summed E-state index contributed by atoms with van der Waals surface area (Å²) >= 11 is 0. The highest BCUT2D eigenvalue weighted by Crippen LogP contribution is 2.19. The maximum atomic E-state index is 12.9. The molecule has 0 radical (unpaired) electrons. The van der Waals surface area contributed by atoms with Gasteiger partial charge in [0.25, 0.3) is 0 Å². The zero-order chi connectivity index (χ0) is 57.8. The van der Waals surface area contributed by atoms with Crippen molar-refractivity contribution in [3.8, 4) is 0 Å². The topological polar surface area (TPSA) is 78.9 Å². The normalized spacial score (nSPS) is 12.2. The summed E-state index contributed by atoms with van der Waals surface area (Å²) in [4.78, 5) is 38.3. The number of hydrogen-bond donors (Lipinski definition) is 0. The van der Waals surface area contributed by atoms with Gasteiger partial charge in [0, 0.05) is 19.3 Å². The Kier molecular flexibility index (Phi) is 67.1. The molecule has 0 aromatic carbocycles. The standard InChI is InChI=1S/C74H138O6/c1-4-7-10-13-16-19-21-23-25-27-29-31-33-35-37-39-41-43-45-47-49-51-53-55-58-61-64-67-73(76)79-70-71(69-78-72(75)66-63-60-57-18-15-12-9-6-3)80-74(77)68-65-62-59-56-54-52-50-48-46-44-42-40-38-36-34-32-30-28-26-24-22-20-17-14-11-8-5-2/h21,23,27,29,33,35,71H,4-20,22,24-26,28,30-32,34,36-70H2,1-3H3/b23-21-,29-27-,35-33-. The first kappa shape index (κ1) is 77.6. The highest BCUT2D eigenvalue weighted by Gasteiger charge is 2.19. The Bertz CT molecular complexity index is 1340. The van der Waals surface area contributed by atoms with E-state index >= 15 is 0 Å². The van der Waals surface area contributed by atoms with E-state index in [9.17, 15) is 14.4 Å². The molecule has 0 aromatic rings. The molecular weight excluding hydrogens is 985 g/mol. The van der Waals surface area contributed by atoms with Crippen LogP contribution in [0, 0.1) is 0 Å². The van der Waals surface area contributed by atoms with E-state index in [1.807, 2.05) is 0 Å². The Morgan fingerprint density at radius 2 is 0.450 bits per heavy atom. The van der Waals surface area contributed by atoms with Crippen LogP contribution in [0.25, 0.3) is 0 Å². The lowest BCUT2D eigenvalue weighted by molar-refractivity contribution is -0.167. The van der Waals surface area contributed by atoms with E-state index in [4.69, 9.17) is 14.2 Å². The molecule has 0 aromatic heterocycles. The summed E-state index contributed by atoms with van der Waals surface area (Å²) in [6, 6.07) is 0. The summed E-state index contributed by atoms with van der Waals surface area (Å²) in [5.41, 5.74) is 0. The molecule has 0 amide bonds. The number of rotatable bonds is 67. The first-order valence-corrected chi connectivity index (χ1v) is 36.0. The van der Waals surface area contributed by atoms with Gasteiger partial charge in [-0.3, -0.25) is 14.4 Å². The fourth-order valence-electron chi connectivity index (χ4n) is 11.0. The third kappa shape index (κ3) is 66.4. The molecule has 0 saturated heterocycles. The van der Waals surface area contributed by atoms with Crippen molar-refractivity contribution in [1.82, 2.24) is 0 Å². The van der Waals surface area contributed by atoms with Crippen molar-refractivity contribution >= 4 is 17.9 Å². The fourth-order valence-corrected chi connectivity index (χ4v) is 11.0. The van der Waals surface area contributed by atoms with E-state index in [0.29, 0.717) is 19.3 Å². The Morgan fingerprint density at radius 1 is 0.250 bits per heavy atom. The number of ether oxygens (including phenoxy) is 3. The van der Waals surface area contributed by atoms with Crippen LogP contribution in [0.5, 0.6) is 0 Å². The molecule has 0 aliphatic heterocycles. The predicted octanol–water partition coefficient (Wildman–Crippen LogP) is 24.7. The Hall–Kier alpha value is -2.37. The Balaban J connectivity index is 4.07. The Morgan fingerprint density at radius 3 is 0.700 bits per heavy atom. The maximum Gasteiger partial charge on any atom is 0.306 e. The van der Waals surface area contributed by atoms with Crippen LogP contribution < -0.4 is 0 Å². The van der Waals surface area contributed by atoms with Crippen LogP contribution in [0.3, 0.4) is 0 Å². The minimum absolute atomic E-state index is 0.0672. The summed E-state index contributed by atoms with van der Waals surface area (Å²) in [6.07, 6.45) is 86.3. The van der Waals surface area contributed by atoms with E-state index in [1.54, 1.807) is 0 Å². The molecule has 0 aliphatic rings. The van der Waals surface area contributed by atoms with Gasteiger partial charge in [-0.1, -0.05) is 359 Å². The minimum Gasteiger partial charge on any atom is -0.462 e. The van der Waals surface area contributed by atoms with Crippen LogP contribution in [-0.2, 0) is 28.6 Å². The van der Waals surface area contributed by atoms with Crippen molar-refractivity contribution < 1.29 is 28.6 Å². The number of allylic oxidation sites excluding steroid dienone is 6. The zero-order valence-corrected chi connectivity index (χ0v) is 54.1. The van der Waals surface area contributed by atoms with Gasteiger partial charge in [0.2, 0.25) is 0 Å². The molecule has 0 rings (SSSR count). The van der Waals surface area contributed by atoms with E-state index in [-0.39, 0.29) is 31.1 Å². The van der Waals surface area contributed by atoms with Crippen molar-refractivity contribution in [1.29, 1.82) is 0 Å². The molecule has 0 fully saturated rings. The van der Waals surface area contributed by atoms with Crippen molar-refractivity contribution in [2.75, 3.05) is 13.2 Å². The molecule has 80 heavy (non-hydrogen) atoms. The van der Waals surface area contributed by atoms with Gasteiger partial charge < -0.3 is 14.2 Å². The largest absolute Gasteiger partial charge is 0.462 e. The molecule has 0 aliphatic carbocycles. The van der Waals surface area contributed by atoms with Crippen LogP contribution in [0.15, 0.2) is 36.5 Å². The fraction of sp³-hybridized carbons (Fsp3) is 0.878. The van der Waals surface area contributed by atoms with Gasteiger partial charge in [-0.15, -0.1) is 0 Å². The molecular formula is C74H138O6. The summed E-state index contributed by atoms with van der Waals surface area (Å²) in [5.74, 6) is -0.846. The van der Waals surface area contributed by atoms with Crippen molar-refractivity contribution in [2.24, 2.45) is 0 Å². The average molecular weight is 1120 g/mol. The summed E-state index contributed by atoms with van der Waals surface area (Å²) < 4.78 is 16.9. The second-order valence-electron chi connectivity index (χ2n) is 24.5. The van der Waals surface area contributed by atoms with Gasteiger partial charge in [-0.05, 0) is 57.8 Å². The molecule has 470 valence electrons. The van der Waals surface area contributed by atoms with Gasteiger partial charge in [0.05, 0.1) is 0 Å². The van der Waals surface area contributed by atoms with Crippen LogP contribution in [0.1, 0.15) is 400 Å². The third-order valence-corrected chi connectivity index (χ3v) is 16.4. The van der Waals surface area contributed by atoms with Gasteiger partial charge in [-0.25, -0.2) is 0 Å². The summed E-state index contributed by atoms with van der Waals surface area (Å²) in [5, 5.41) is 0. The van der Waals surface area contributed by atoms with Crippen LogP contribution in [0.2, 0.25) is 0 Å². The molecule has 6 nitrogen and oxygen atoms in total.